The zero-order valence-electron chi connectivity index (χ0n) is 30.0. The standard InChI is InChI=1S/C36H57NO3.C3H6.CH3F/c1-23-26(24-9-11-25(12-10-24)31(38)39)15-18-33(4)27(23)16-19-35(6)30(33)14-13-28-29-8-7-17-36(29,21-20-34(28,35)5)37-22-32(2,3)40;1-3-2;1-2/h9,15,23,25,27-30,37,40H,7-8,10-14,16-22H2,1-6H3,(H,38,39);3H,1H2,2H3;1H3/t23?,25?,27?,28?,29?,30?,33?,34-,35?,36?;;/m1../s1. The van der Waals surface area contributed by atoms with Crippen molar-refractivity contribution >= 4 is 5.97 Å². The smallest absolute Gasteiger partial charge is 0.306 e. The molecule has 4 fully saturated rings. The third-order valence-electron chi connectivity index (χ3n) is 14.6. The fourth-order valence-electron chi connectivity index (χ4n) is 12.3. The minimum atomic E-state index is -0.658. The lowest BCUT2D eigenvalue weighted by Crippen LogP contribution is -2.67. The predicted octanol–water partition coefficient (Wildman–Crippen LogP) is 9.69. The van der Waals surface area contributed by atoms with Crippen LogP contribution < -0.4 is 5.32 Å². The van der Waals surface area contributed by atoms with Gasteiger partial charge in [0.05, 0.1) is 18.7 Å². The van der Waals surface area contributed by atoms with Crippen molar-refractivity contribution in [3.63, 3.8) is 0 Å². The van der Waals surface area contributed by atoms with Gasteiger partial charge in [-0.2, -0.15) is 0 Å². The number of alkyl halides is 1. The third-order valence-corrected chi connectivity index (χ3v) is 14.6. The van der Waals surface area contributed by atoms with Crippen molar-refractivity contribution in [1.29, 1.82) is 0 Å². The fourth-order valence-corrected chi connectivity index (χ4v) is 12.3. The molecule has 0 heterocycles. The summed E-state index contributed by atoms with van der Waals surface area (Å²) in [5, 5.41) is 24.0. The molecule has 256 valence electrons. The van der Waals surface area contributed by atoms with Crippen LogP contribution in [0.25, 0.3) is 0 Å². The number of carbonyl (C=O) groups is 1. The Labute approximate surface area is 274 Å². The molecule has 0 spiro atoms. The summed E-state index contributed by atoms with van der Waals surface area (Å²) >= 11 is 0. The van der Waals surface area contributed by atoms with Gasteiger partial charge in [0.2, 0.25) is 0 Å². The van der Waals surface area contributed by atoms with E-state index in [-0.39, 0.29) is 11.5 Å². The molecule has 6 aliphatic rings. The number of nitrogens with one attached hydrogen (secondary N) is 1. The minimum absolute atomic E-state index is 0.195. The molecule has 4 nitrogen and oxygen atoms in total. The van der Waals surface area contributed by atoms with Crippen molar-refractivity contribution in [2.75, 3.05) is 13.7 Å². The van der Waals surface area contributed by atoms with Gasteiger partial charge in [-0.3, -0.25) is 9.18 Å². The Balaban J connectivity index is 0.000000871. The summed E-state index contributed by atoms with van der Waals surface area (Å²) in [5.74, 6) is 2.79. The monoisotopic (exact) mass is 628 g/mol. The van der Waals surface area contributed by atoms with Gasteiger partial charge in [-0.1, -0.05) is 52.3 Å². The van der Waals surface area contributed by atoms with Crippen LogP contribution in [-0.4, -0.2) is 41.0 Å². The molecule has 5 heteroatoms. The molecule has 4 saturated carbocycles. The van der Waals surface area contributed by atoms with Crippen LogP contribution in [0.5, 0.6) is 0 Å². The lowest BCUT2D eigenvalue weighted by atomic mass is 9.34. The van der Waals surface area contributed by atoms with Crippen LogP contribution in [0.4, 0.5) is 4.39 Å². The van der Waals surface area contributed by atoms with Crippen molar-refractivity contribution in [1.82, 2.24) is 5.32 Å². The summed E-state index contributed by atoms with van der Waals surface area (Å²) in [7, 11) is 0.500. The second-order valence-electron chi connectivity index (χ2n) is 17.1. The molecular weight excluding hydrogens is 561 g/mol. The summed E-state index contributed by atoms with van der Waals surface area (Å²) in [6.07, 6.45) is 22.3. The van der Waals surface area contributed by atoms with Crippen molar-refractivity contribution in [2.24, 2.45) is 51.8 Å². The summed E-state index contributed by atoms with van der Waals surface area (Å²) < 4.78 is 9.50. The van der Waals surface area contributed by atoms with E-state index in [1.807, 2.05) is 20.8 Å². The van der Waals surface area contributed by atoms with E-state index in [4.69, 9.17) is 0 Å². The Hall–Kier alpha value is -1.46. The van der Waals surface area contributed by atoms with E-state index >= 15 is 0 Å². The Kier molecular flexibility index (Phi) is 11.0. The fraction of sp³-hybridized carbons (Fsp3) is 0.825. The van der Waals surface area contributed by atoms with Gasteiger partial charge in [0, 0.05) is 12.1 Å². The van der Waals surface area contributed by atoms with Crippen LogP contribution in [0.2, 0.25) is 0 Å². The third kappa shape index (κ3) is 6.28. The van der Waals surface area contributed by atoms with E-state index in [0.717, 1.165) is 36.5 Å². The van der Waals surface area contributed by atoms with E-state index in [0.29, 0.717) is 42.3 Å². The molecule has 10 atom stereocenters. The van der Waals surface area contributed by atoms with Gasteiger partial charge < -0.3 is 15.5 Å². The van der Waals surface area contributed by atoms with Crippen LogP contribution in [0.3, 0.4) is 0 Å². The second-order valence-corrected chi connectivity index (χ2v) is 17.1. The highest BCUT2D eigenvalue weighted by molar-refractivity contribution is 5.70. The topological polar surface area (TPSA) is 69.6 Å². The van der Waals surface area contributed by atoms with Crippen molar-refractivity contribution < 1.29 is 19.4 Å². The molecule has 0 radical (unpaired) electrons. The number of aliphatic carboxylic acids is 1. The summed E-state index contributed by atoms with van der Waals surface area (Å²) in [5.41, 5.74) is 3.72. The molecular formula is C40H66FNO3. The van der Waals surface area contributed by atoms with Crippen LogP contribution in [-0.2, 0) is 4.79 Å². The number of hydrogen-bond donors (Lipinski definition) is 3. The van der Waals surface area contributed by atoms with Gasteiger partial charge >= 0.3 is 5.97 Å². The SMILES string of the molecule is C=CC.CC1C(C2=CCC(C(=O)O)CC2)=CCC2(C)C1CCC1(C)C2CCC2C3CCCC3(NCC(C)(C)O)CC[C@]21C.CF. The molecule has 9 unspecified atom stereocenters. The molecule has 0 aromatic heterocycles. The van der Waals surface area contributed by atoms with Crippen LogP contribution >= 0.6 is 0 Å². The maximum Gasteiger partial charge on any atom is 0.306 e. The van der Waals surface area contributed by atoms with Gasteiger partial charge in [-0.05, 0) is 155 Å². The zero-order valence-corrected chi connectivity index (χ0v) is 30.0. The van der Waals surface area contributed by atoms with Crippen molar-refractivity contribution in [2.45, 2.75) is 143 Å². The first kappa shape index (κ1) is 36.4. The molecule has 0 aliphatic heterocycles. The highest BCUT2D eigenvalue weighted by Gasteiger charge is 2.68. The van der Waals surface area contributed by atoms with Crippen molar-refractivity contribution in [3.05, 3.63) is 36.0 Å². The molecule has 6 rings (SSSR count). The zero-order chi connectivity index (χ0) is 33.4. The van der Waals surface area contributed by atoms with Gasteiger partial charge in [-0.25, -0.2) is 0 Å². The highest BCUT2D eigenvalue weighted by Crippen LogP contribution is 2.75. The molecule has 0 bridgehead atoms. The number of aliphatic hydroxyl groups is 1. The average Bonchev–Trinajstić information content (AvgIpc) is 3.42. The van der Waals surface area contributed by atoms with Gasteiger partial charge in [-0.15, -0.1) is 6.58 Å². The number of carboxylic acid groups (broad SMARTS) is 1. The molecule has 6 aliphatic carbocycles. The average molecular weight is 628 g/mol. The number of carboxylic acids is 1. The number of fused-ring (bicyclic) bond motifs is 7. The first-order valence-electron chi connectivity index (χ1n) is 18.2. The maximum absolute atomic E-state index is 11.5. The normalized spacial score (nSPS) is 43.7. The highest BCUT2D eigenvalue weighted by atomic mass is 19.1. The van der Waals surface area contributed by atoms with Crippen molar-refractivity contribution in [3.8, 4) is 0 Å². The van der Waals surface area contributed by atoms with E-state index < -0.39 is 11.6 Å². The second kappa shape index (κ2) is 13.6. The van der Waals surface area contributed by atoms with Crippen LogP contribution in [0.15, 0.2) is 36.0 Å². The van der Waals surface area contributed by atoms with Crippen LogP contribution in [0, 0.1) is 51.8 Å². The quantitative estimate of drug-likeness (QED) is 0.266. The van der Waals surface area contributed by atoms with Gasteiger partial charge in [0.1, 0.15) is 0 Å². The maximum atomic E-state index is 11.5. The van der Waals surface area contributed by atoms with Gasteiger partial charge in [0.15, 0.2) is 0 Å². The summed E-state index contributed by atoms with van der Waals surface area (Å²) in [6.45, 7) is 20.4. The Morgan fingerprint density at radius 2 is 1.69 bits per heavy atom. The predicted molar refractivity (Wildman–Crippen MR) is 185 cm³/mol. The van der Waals surface area contributed by atoms with E-state index in [1.54, 1.807) is 11.6 Å². The molecule has 3 N–H and O–H groups in total. The molecule has 45 heavy (non-hydrogen) atoms. The first-order chi connectivity index (χ1) is 21.2. The molecule has 0 amide bonds. The number of rotatable bonds is 5. The molecule has 0 aromatic carbocycles. The summed E-state index contributed by atoms with van der Waals surface area (Å²) in [4.78, 5) is 11.5. The summed E-state index contributed by atoms with van der Waals surface area (Å²) in [6, 6.07) is 0. The molecule has 0 aromatic rings. The minimum Gasteiger partial charge on any atom is -0.481 e. The Morgan fingerprint density at radius 3 is 2.29 bits per heavy atom. The number of halogens is 1. The number of β-amino-alcohol motifs (C(OH)–C–C–N with tert-alkyl or cyclic N) is 1. The largest absolute Gasteiger partial charge is 0.481 e. The molecule has 0 saturated heterocycles. The van der Waals surface area contributed by atoms with Gasteiger partial charge in [0.25, 0.3) is 0 Å². The lowest BCUT2D eigenvalue weighted by Gasteiger charge is -2.71. The van der Waals surface area contributed by atoms with E-state index in [2.05, 4.69) is 51.7 Å². The van der Waals surface area contributed by atoms with E-state index in [1.165, 1.54) is 69.8 Å². The van der Waals surface area contributed by atoms with Crippen LogP contribution in [0.1, 0.15) is 132 Å². The Morgan fingerprint density at radius 1 is 1.00 bits per heavy atom. The number of allylic oxidation sites excluding steroid dienone is 5. The number of hydrogen-bond acceptors (Lipinski definition) is 3. The lowest BCUT2D eigenvalue weighted by molar-refractivity contribution is -0.213. The first-order valence-corrected chi connectivity index (χ1v) is 18.2. The Bertz CT molecular complexity index is 1140. The van der Waals surface area contributed by atoms with E-state index in [9.17, 15) is 19.4 Å².